The number of hydrogen-bond acceptors (Lipinski definition) is 5. The summed E-state index contributed by atoms with van der Waals surface area (Å²) in [4.78, 5) is 22.5. The molecule has 3 heterocycles. The number of benzene rings is 1. The molecule has 2 aromatic heterocycles. The summed E-state index contributed by atoms with van der Waals surface area (Å²) in [6, 6.07) is 6.04. The number of fused-ring (bicyclic) bond motifs is 2. The maximum absolute atomic E-state index is 12.0. The molecule has 1 aliphatic rings. The third-order valence-electron chi connectivity index (χ3n) is 4.12. The van der Waals surface area contributed by atoms with Crippen molar-refractivity contribution in [3.8, 4) is 10.7 Å². The number of carbonyl (C=O) groups excluding carboxylic acids is 1. The standard InChI is InChI=1S/C17H17N3O2S/c1-9-5-11(17(21)22-2)15-12(6-9)19-16(20-15)13-7-10-3-4-18-8-14(10)23-13/h5-7,18H,3-4,8H2,1-2H3,(H,19,20). The van der Waals surface area contributed by atoms with Crippen molar-refractivity contribution in [3.05, 3.63) is 39.8 Å². The fourth-order valence-electron chi connectivity index (χ4n) is 3.01. The summed E-state index contributed by atoms with van der Waals surface area (Å²) in [5, 5.41) is 3.39. The van der Waals surface area contributed by atoms with E-state index in [4.69, 9.17) is 4.74 Å². The predicted molar refractivity (Wildman–Crippen MR) is 90.9 cm³/mol. The van der Waals surface area contributed by atoms with Crippen LogP contribution in [0.1, 0.15) is 26.4 Å². The van der Waals surface area contributed by atoms with E-state index in [0.29, 0.717) is 11.1 Å². The van der Waals surface area contributed by atoms with Gasteiger partial charge in [0, 0.05) is 11.4 Å². The van der Waals surface area contributed by atoms with Crippen molar-refractivity contribution in [1.82, 2.24) is 15.3 Å². The first-order valence-corrected chi connectivity index (χ1v) is 8.38. The van der Waals surface area contributed by atoms with Gasteiger partial charge in [-0.15, -0.1) is 11.3 Å². The molecule has 118 valence electrons. The number of ether oxygens (including phenoxy) is 1. The third kappa shape index (κ3) is 2.44. The van der Waals surface area contributed by atoms with Crippen LogP contribution in [0.5, 0.6) is 0 Å². The minimum Gasteiger partial charge on any atom is -0.465 e. The molecule has 6 heteroatoms. The molecular formula is C17H17N3O2S. The normalized spacial score (nSPS) is 14.0. The van der Waals surface area contributed by atoms with Crippen molar-refractivity contribution in [3.63, 3.8) is 0 Å². The third-order valence-corrected chi connectivity index (χ3v) is 5.31. The minimum atomic E-state index is -0.355. The number of hydrogen-bond donors (Lipinski definition) is 2. The lowest BCUT2D eigenvalue weighted by atomic mass is 10.1. The van der Waals surface area contributed by atoms with E-state index in [2.05, 4.69) is 21.4 Å². The summed E-state index contributed by atoms with van der Waals surface area (Å²) in [6.07, 6.45) is 1.05. The number of aromatic nitrogens is 2. The second kappa shape index (κ2) is 5.47. The van der Waals surface area contributed by atoms with Gasteiger partial charge in [-0.25, -0.2) is 9.78 Å². The van der Waals surface area contributed by atoms with Crippen LogP contribution in [0.25, 0.3) is 21.7 Å². The summed E-state index contributed by atoms with van der Waals surface area (Å²) >= 11 is 1.76. The molecule has 4 rings (SSSR count). The molecule has 0 aliphatic carbocycles. The van der Waals surface area contributed by atoms with Crippen LogP contribution >= 0.6 is 11.3 Å². The van der Waals surface area contributed by atoms with Gasteiger partial charge in [0.05, 0.1) is 23.1 Å². The Labute approximate surface area is 137 Å². The molecule has 1 aliphatic heterocycles. The van der Waals surface area contributed by atoms with E-state index in [1.54, 1.807) is 11.3 Å². The molecule has 2 N–H and O–H groups in total. The van der Waals surface area contributed by atoms with Crippen molar-refractivity contribution in [2.75, 3.05) is 13.7 Å². The highest BCUT2D eigenvalue weighted by molar-refractivity contribution is 7.15. The summed E-state index contributed by atoms with van der Waals surface area (Å²) in [5.41, 5.74) is 4.44. The topological polar surface area (TPSA) is 67.0 Å². The Morgan fingerprint density at radius 3 is 3.00 bits per heavy atom. The number of H-pyrrole nitrogens is 1. The van der Waals surface area contributed by atoms with E-state index in [-0.39, 0.29) is 5.97 Å². The van der Waals surface area contributed by atoms with E-state index in [9.17, 15) is 4.79 Å². The zero-order valence-corrected chi connectivity index (χ0v) is 13.8. The number of methoxy groups -OCH3 is 1. The van der Waals surface area contributed by atoms with Crippen LogP contribution in [0.15, 0.2) is 18.2 Å². The molecule has 0 bridgehead atoms. The number of thiophene rings is 1. The van der Waals surface area contributed by atoms with Crippen molar-refractivity contribution < 1.29 is 9.53 Å². The first-order valence-electron chi connectivity index (χ1n) is 7.57. The lowest BCUT2D eigenvalue weighted by Crippen LogP contribution is -2.21. The first kappa shape index (κ1) is 14.4. The smallest absolute Gasteiger partial charge is 0.340 e. The van der Waals surface area contributed by atoms with Crippen molar-refractivity contribution in [2.24, 2.45) is 0 Å². The number of aromatic amines is 1. The molecule has 5 nitrogen and oxygen atoms in total. The Kier molecular flexibility index (Phi) is 3.43. The molecule has 0 amide bonds. The minimum absolute atomic E-state index is 0.355. The van der Waals surface area contributed by atoms with Gasteiger partial charge >= 0.3 is 5.97 Å². The quantitative estimate of drug-likeness (QED) is 0.710. The average Bonchev–Trinajstić information content (AvgIpc) is 3.16. The largest absolute Gasteiger partial charge is 0.465 e. The van der Waals surface area contributed by atoms with Gasteiger partial charge in [0.15, 0.2) is 0 Å². The molecule has 1 aromatic carbocycles. The zero-order chi connectivity index (χ0) is 16.0. The van der Waals surface area contributed by atoms with Crippen LogP contribution in [0.4, 0.5) is 0 Å². The highest BCUT2D eigenvalue weighted by Crippen LogP contribution is 2.33. The highest BCUT2D eigenvalue weighted by atomic mass is 32.1. The molecular weight excluding hydrogens is 310 g/mol. The van der Waals surface area contributed by atoms with Gasteiger partial charge in [0.2, 0.25) is 0 Å². The predicted octanol–water partition coefficient (Wildman–Crippen LogP) is 3.03. The van der Waals surface area contributed by atoms with Crippen LogP contribution < -0.4 is 5.32 Å². The molecule has 0 unspecified atom stereocenters. The Hall–Kier alpha value is -2.18. The fraction of sp³-hybridized carbons (Fsp3) is 0.294. The van der Waals surface area contributed by atoms with Gasteiger partial charge in [-0.05, 0) is 49.2 Å². The molecule has 0 radical (unpaired) electrons. The molecule has 3 aromatic rings. The highest BCUT2D eigenvalue weighted by Gasteiger charge is 2.19. The van der Waals surface area contributed by atoms with E-state index < -0.39 is 0 Å². The van der Waals surface area contributed by atoms with E-state index in [0.717, 1.165) is 41.3 Å². The molecule has 0 saturated heterocycles. The second-order valence-corrected chi connectivity index (χ2v) is 6.91. The van der Waals surface area contributed by atoms with Crippen LogP contribution in [0, 0.1) is 6.92 Å². The number of nitrogens with zero attached hydrogens (tertiary/aromatic N) is 1. The Bertz CT molecular complexity index is 887. The fourth-order valence-corrected chi connectivity index (χ4v) is 4.14. The SMILES string of the molecule is COC(=O)c1cc(C)cc2[nH]c(-c3cc4c(s3)CNCC4)nc12. The van der Waals surface area contributed by atoms with Crippen molar-refractivity contribution in [1.29, 1.82) is 0 Å². The second-order valence-electron chi connectivity index (χ2n) is 5.77. The molecule has 0 spiro atoms. The van der Waals surface area contributed by atoms with Crippen molar-refractivity contribution in [2.45, 2.75) is 19.9 Å². The lowest BCUT2D eigenvalue weighted by Gasteiger charge is -2.10. The van der Waals surface area contributed by atoms with Gasteiger partial charge in [-0.3, -0.25) is 0 Å². The number of aryl methyl sites for hydroxylation is 1. The number of nitrogens with one attached hydrogen (secondary N) is 2. The van der Waals surface area contributed by atoms with Gasteiger partial charge in [-0.1, -0.05) is 0 Å². The molecule has 0 fully saturated rings. The number of imidazole rings is 1. The number of carbonyl (C=O) groups is 1. The van der Waals surface area contributed by atoms with Crippen LogP contribution in [-0.4, -0.2) is 29.6 Å². The lowest BCUT2D eigenvalue weighted by molar-refractivity contribution is 0.0602. The Morgan fingerprint density at radius 2 is 2.22 bits per heavy atom. The molecule has 23 heavy (non-hydrogen) atoms. The van der Waals surface area contributed by atoms with E-state index in [1.165, 1.54) is 17.6 Å². The van der Waals surface area contributed by atoms with Crippen LogP contribution in [0.3, 0.4) is 0 Å². The zero-order valence-electron chi connectivity index (χ0n) is 13.0. The summed E-state index contributed by atoms with van der Waals surface area (Å²) in [5.74, 6) is 0.460. The molecule has 0 saturated carbocycles. The van der Waals surface area contributed by atoms with Gasteiger partial charge in [0.1, 0.15) is 11.3 Å². The molecule has 0 atom stereocenters. The van der Waals surface area contributed by atoms with Crippen LogP contribution in [-0.2, 0) is 17.7 Å². The summed E-state index contributed by atoms with van der Waals surface area (Å²) < 4.78 is 4.88. The van der Waals surface area contributed by atoms with Crippen LogP contribution in [0.2, 0.25) is 0 Å². The number of rotatable bonds is 2. The summed E-state index contributed by atoms with van der Waals surface area (Å²) in [7, 11) is 1.39. The van der Waals surface area contributed by atoms with Gasteiger partial charge in [-0.2, -0.15) is 0 Å². The summed E-state index contributed by atoms with van der Waals surface area (Å²) in [6.45, 7) is 3.91. The van der Waals surface area contributed by atoms with Gasteiger partial charge < -0.3 is 15.0 Å². The average molecular weight is 327 g/mol. The monoisotopic (exact) mass is 327 g/mol. The Morgan fingerprint density at radius 1 is 1.35 bits per heavy atom. The van der Waals surface area contributed by atoms with Crippen molar-refractivity contribution >= 4 is 28.3 Å². The Balaban J connectivity index is 1.85. The first-order chi connectivity index (χ1) is 11.2. The number of esters is 1. The maximum atomic E-state index is 12.0. The maximum Gasteiger partial charge on any atom is 0.340 e. The van der Waals surface area contributed by atoms with E-state index in [1.807, 2.05) is 19.1 Å². The van der Waals surface area contributed by atoms with E-state index >= 15 is 0 Å². The van der Waals surface area contributed by atoms with Gasteiger partial charge in [0.25, 0.3) is 0 Å².